The summed E-state index contributed by atoms with van der Waals surface area (Å²) >= 11 is 2.83. The van der Waals surface area contributed by atoms with Crippen LogP contribution in [-0.4, -0.2) is 53.9 Å². The normalized spacial score (nSPS) is 12.0. The van der Waals surface area contributed by atoms with E-state index in [1.54, 1.807) is 6.08 Å². The number of amides is 1. The minimum absolute atomic E-state index is 0.0106. The van der Waals surface area contributed by atoms with Crippen LogP contribution in [0.3, 0.4) is 0 Å². The second-order valence-corrected chi connectivity index (χ2v) is 7.73. The Balaban J connectivity index is 1.79. The summed E-state index contributed by atoms with van der Waals surface area (Å²) in [4.78, 5) is 14.2. The van der Waals surface area contributed by atoms with Gasteiger partial charge in [-0.3, -0.25) is 4.79 Å². The van der Waals surface area contributed by atoms with E-state index in [2.05, 4.69) is 44.4 Å². The van der Waals surface area contributed by atoms with Gasteiger partial charge in [0, 0.05) is 13.1 Å². The fraction of sp³-hybridized carbons (Fsp3) is 0.353. The number of hydrogen-bond acceptors (Lipinski definition) is 7. The summed E-state index contributed by atoms with van der Waals surface area (Å²) in [6.45, 7) is 4.86. The number of aromatic nitrogens is 2. The summed E-state index contributed by atoms with van der Waals surface area (Å²) in [5.74, 6) is 0.314. The van der Waals surface area contributed by atoms with Crippen molar-refractivity contribution in [2.24, 2.45) is 0 Å². The van der Waals surface area contributed by atoms with Gasteiger partial charge in [-0.05, 0) is 19.7 Å². The highest BCUT2D eigenvalue weighted by Gasteiger charge is 2.15. The lowest BCUT2D eigenvalue weighted by Gasteiger charge is -2.25. The average Bonchev–Trinajstić information content (AvgIpc) is 3.07. The van der Waals surface area contributed by atoms with E-state index in [4.69, 9.17) is 0 Å². The van der Waals surface area contributed by atoms with Gasteiger partial charge in [0.25, 0.3) is 0 Å². The molecule has 0 spiro atoms. The number of hydrogen-bond donors (Lipinski definition) is 2. The molecule has 8 heteroatoms. The number of nitrogens with one attached hydrogen (secondary N) is 2. The van der Waals surface area contributed by atoms with E-state index in [1.807, 2.05) is 32.3 Å². The molecule has 0 saturated carbocycles. The average molecular weight is 378 g/mol. The maximum Gasteiger partial charge on any atom is 0.230 e. The molecule has 1 atom stereocenters. The van der Waals surface area contributed by atoms with Crippen molar-refractivity contribution in [3.63, 3.8) is 0 Å². The highest BCUT2D eigenvalue weighted by atomic mass is 32.2. The molecule has 2 rings (SSSR count). The van der Waals surface area contributed by atoms with E-state index in [0.29, 0.717) is 18.8 Å². The van der Waals surface area contributed by atoms with Gasteiger partial charge in [0.15, 0.2) is 4.34 Å². The van der Waals surface area contributed by atoms with E-state index < -0.39 is 0 Å². The smallest absolute Gasteiger partial charge is 0.230 e. The maximum absolute atomic E-state index is 12.1. The van der Waals surface area contributed by atoms with Crippen LogP contribution in [0.4, 0.5) is 5.13 Å². The third kappa shape index (κ3) is 6.49. The number of carbonyl (C=O) groups excluding carboxylic acids is 1. The third-order valence-electron chi connectivity index (χ3n) is 3.43. The molecule has 0 bridgehead atoms. The molecule has 134 valence electrons. The molecule has 1 aromatic heterocycles. The minimum Gasteiger partial charge on any atom is -0.357 e. The number of nitrogens with zero attached hydrogens (tertiary/aromatic N) is 3. The number of thioether (sulfide) groups is 1. The number of rotatable bonds is 10. The van der Waals surface area contributed by atoms with Crippen LogP contribution in [0, 0.1) is 0 Å². The number of anilines is 1. The SMILES string of the molecule is C=CCNc1nnc(SCC(=O)NC[C@@H](c2ccccc2)N(C)C)s1. The predicted molar refractivity (Wildman–Crippen MR) is 105 cm³/mol. The van der Waals surface area contributed by atoms with E-state index in [-0.39, 0.29) is 11.9 Å². The maximum atomic E-state index is 12.1. The van der Waals surface area contributed by atoms with Crippen LogP contribution in [0.1, 0.15) is 11.6 Å². The Labute approximate surface area is 156 Å². The minimum atomic E-state index is -0.0106. The molecule has 0 aliphatic heterocycles. The molecule has 0 saturated heterocycles. The topological polar surface area (TPSA) is 70.1 Å². The van der Waals surface area contributed by atoms with E-state index >= 15 is 0 Å². The quantitative estimate of drug-likeness (QED) is 0.490. The molecular formula is C17H23N5OS2. The van der Waals surface area contributed by atoms with Crippen LogP contribution in [0.15, 0.2) is 47.3 Å². The van der Waals surface area contributed by atoms with Crippen molar-refractivity contribution in [3.05, 3.63) is 48.6 Å². The van der Waals surface area contributed by atoms with Crippen molar-refractivity contribution in [3.8, 4) is 0 Å². The monoisotopic (exact) mass is 377 g/mol. The Morgan fingerprint density at radius 2 is 2.12 bits per heavy atom. The van der Waals surface area contributed by atoms with Crippen molar-refractivity contribution in [2.75, 3.05) is 38.3 Å². The zero-order valence-electron chi connectivity index (χ0n) is 14.4. The van der Waals surface area contributed by atoms with Gasteiger partial charge in [-0.1, -0.05) is 59.5 Å². The summed E-state index contributed by atoms with van der Waals surface area (Å²) in [5, 5.41) is 14.9. The lowest BCUT2D eigenvalue weighted by molar-refractivity contribution is -0.118. The van der Waals surface area contributed by atoms with Gasteiger partial charge in [-0.15, -0.1) is 16.8 Å². The van der Waals surface area contributed by atoms with E-state index in [9.17, 15) is 4.79 Å². The van der Waals surface area contributed by atoms with Gasteiger partial charge < -0.3 is 15.5 Å². The Morgan fingerprint density at radius 1 is 1.36 bits per heavy atom. The molecule has 0 unspecified atom stereocenters. The molecule has 2 aromatic rings. The van der Waals surface area contributed by atoms with Gasteiger partial charge in [0.2, 0.25) is 11.0 Å². The van der Waals surface area contributed by atoms with Crippen LogP contribution in [0.5, 0.6) is 0 Å². The Bertz CT molecular complexity index is 675. The Hall–Kier alpha value is -1.90. The van der Waals surface area contributed by atoms with Crippen molar-refractivity contribution in [1.82, 2.24) is 20.4 Å². The first-order valence-electron chi connectivity index (χ1n) is 7.89. The number of benzene rings is 1. The number of carbonyl (C=O) groups is 1. The first kappa shape index (κ1) is 19.4. The van der Waals surface area contributed by atoms with Gasteiger partial charge in [0.1, 0.15) is 0 Å². The third-order valence-corrected chi connectivity index (χ3v) is 5.45. The molecule has 0 aliphatic rings. The zero-order chi connectivity index (χ0) is 18.1. The molecule has 1 amide bonds. The van der Waals surface area contributed by atoms with E-state index in [1.165, 1.54) is 28.7 Å². The molecule has 0 fully saturated rings. The van der Waals surface area contributed by atoms with Gasteiger partial charge in [-0.25, -0.2) is 0 Å². The fourth-order valence-electron chi connectivity index (χ4n) is 2.16. The van der Waals surface area contributed by atoms with Crippen molar-refractivity contribution >= 4 is 34.1 Å². The standard InChI is InChI=1S/C17H23N5OS2/c1-4-10-18-16-20-21-17(25-16)24-12-15(23)19-11-14(22(2)3)13-8-6-5-7-9-13/h4-9,14H,1,10-12H2,2-3H3,(H,18,20)(H,19,23)/t14-/m0/s1. The van der Waals surface area contributed by atoms with Crippen LogP contribution >= 0.6 is 23.1 Å². The molecular weight excluding hydrogens is 354 g/mol. The lowest BCUT2D eigenvalue weighted by atomic mass is 10.1. The van der Waals surface area contributed by atoms with Crippen molar-refractivity contribution in [2.45, 2.75) is 10.4 Å². The highest BCUT2D eigenvalue weighted by molar-refractivity contribution is 8.01. The Kier molecular flexibility index (Phi) is 7.90. The molecule has 0 aliphatic carbocycles. The van der Waals surface area contributed by atoms with Crippen LogP contribution in [0.2, 0.25) is 0 Å². The van der Waals surface area contributed by atoms with Gasteiger partial charge >= 0.3 is 0 Å². The molecule has 2 N–H and O–H groups in total. The van der Waals surface area contributed by atoms with Gasteiger partial charge in [-0.2, -0.15) is 0 Å². The van der Waals surface area contributed by atoms with Crippen molar-refractivity contribution < 1.29 is 4.79 Å². The summed E-state index contributed by atoms with van der Waals surface area (Å²) in [6.07, 6.45) is 1.76. The summed E-state index contributed by atoms with van der Waals surface area (Å²) in [5.41, 5.74) is 1.18. The van der Waals surface area contributed by atoms with Gasteiger partial charge in [0.05, 0.1) is 11.8 Å². The second-order valence-electron chi connectivity index (χ2n) is 5.53. The largest absolute Gasteiger partial charge is 0.357 e. The second kappa shape index (κ2) is 10.2. The molecule has 25 heavy (non-hydrogen) atoms. The summed E-state index contributed by atoms with van der Waals surface area (Å²) in [7, 11) is 4.02. The fourth-order valence-corrected chi connectivity index (χ4v) is 3.75. The highest BCUT2D eigenvalue weighted by Crippen LogP contribution is 2.25. The molecule has 6 nitrogen and oxygen atoms in total. The lowest BCUT2D eigenvalue weighted by Crippen LogP contribution is -2.35. The molecule has 1 heterocycles. The summed E-state index contributed by atoms with van der Waals surface area (Å²) in [6, 6.07) is 10.3. The van der Waals surface area contributed by atoms with E-state index in [0.717, 1.165) is 9.47 Å². The molecule has 0 radical (unpaired) electrons. The predicted octanol–water partition coefficient (Wildman–Crippen LogP) is 2.65. The number of likely N-dealkylation sites (N-methyl/N-ethyl adjacent to an activating group) is 1. The molecule has 1 aromatic carbocycles. The van der Waals surface area contributed by atoms with Crippen LogP contribution in [0.25, 0.3) is 0 Å². The van der Waals surface area contributed by atoms with Crippen molar-refractivity contribution in [1.29, 1.82) is 0 Å². The zero-order valence-corrected chi connectivity index (χ0v) is 16.1. The first-order chi connectivity index (χ1) is 12.1. The summed E-state index contributed by atoms with van der Waals surface area (Å²) < 4.78 is 0.772. The van der Waals surface area contributed by atoms with Crippen LogP contribution in [-0.2, 0) is 4.79 Å². The Morgan fingerprint density at radius 3 is 2.80 bits per heavy atom. The van der Waals surface area contributed by atoms with Crippen LogP contribution < -0.4 is 10.6 Å². The first-order valence-corrected chi connectivity index (χ1v) is 9.69.